The zero-order valence-electron chi connectivity index (χ0n) is 16.1. The third-order valence-corrected chi connectivity index (χ3v) is 7.51. The quantitative estimate of drug-likeness (QED) is 0.571. The minimum absolute atomic E-state index is 0.338. The van der Waals surface area contributed by atoms with Crippen molar-refractivity contribution in [1.29, 1.82) is 0 Å². The topological polar surface area (TPSA) is 21.3 Å². The Labute approximate surface area is 177 Å². The van der Waals surface area contributed by atoms with E-state index in [1.54, 1.807) is 0 Å². The van der Waals surface area contributed by atoms with E-state index < -0.39 is 0 Å². The van der Waals surface area contributed by atoms with Gasteiger partial charge in [0.1, 0.15) is 12.4 Å². The summed E-state index contributed by atoms with van der Waals surface area (Å²) in [6, 6.07) is 13.8. The second kappa shape index (κ2) is 7.55. The van der Waals surface area contributed by atoms with Crippen LogP contribution < -0.4 is 10.1 Å². The van der Waals surface area contributed by atoms with Crippen LogP contribution >= 0.6 is 23.2 Å². The molecular formula is C24H27Cl2NO. The van der Waals surface area contributed by atoms with Crippen LogP contribution in [0.3, 0.4) is 0 Å². The third kappa shape index (κ3) is 3.92. The number of hydrogen-bond donors (Lipinski definition) is 1. The average molecular weight is 416 g/mol. The molecule has 0 spiro atoms. The second-order valence-corrected chi connectivity index (χ2v) is 10.1. The monoisotopic (exact) mass is 415 g/mol. The largest absolute Gasteiger partial charge is 0.489 e. The Balaban J connectivity index is 1.28. The first kappa shape index (κ1) is 18.8. The van der Waals surface area contributed by atoms with E-state index in [-0.39, 0.29) is 0 Å². The number of rotatable bonds is 6. The maximum Gasteiger partial charge on any atom is 0.124 e. The molecule has 4 fully saturated rings. The Hall–Kier alpha value is -1.22. The van der Waals surface area contributed by atoms with Gasteiger partial charge in [-0.05, 0) is 92.2 Å². The highest BCUT2D eigenvalue weighted by Crippen LogP contribution is 2.55. The van der Waals surface area contributed by atoms with Gasteiger partial charge in [0, 0.05) is 27.7 Å². The lowest BCUT2D eigenvalue weighted by Crippen LogP contribution is -2.58. The molecule has 4 aliphatic carbocycles. The molecule has 2 aromatic carbocycles. The maximum atomic E-state index is 6.31. The van der Waals surface area contributed by atoms with E-state index in [0.29, 0.717) is 12.1 Å². The summed E-state index contributed by atoms with van der Waals surface area (Å²) in [5.41, 5.74) is 2.60. The van der Waals surface area contributed by atoms with Crippen molar-refractivity contribution < 1.29 is 4.74 Å². The average Bonchev–Trinajstić information content (AvgIpc) is 2.66. The van der Waals surface area contributed by atoms with Crippen LogP contribution in [-0.2, 0) is 13.2 Å². The Kier molecular flexibility index (Phi) is 5.07. The molecule has 2 nitrogen and oxygen atoms in total. The predicted molar refractivity (Wildman–Crippen MR) is 115 cm³/mol. The molecule has 0 atom stereocenters. The van der Waals surface area contributed by atoms with Crippen LogP contribution in [0.25, 0.3) is 0 Å². The molecule has 148 valence electrons. The van der Waals surface area contributed by atoms with Gasteiger partial charge in [-0.1, -0.05) is 35.3 Å². The fourth-order valence-electron chi connectivity index (χ4n) is 6.18. The van der Waals surface area contributed by atoms with E-state index in [1.807, 2.05) is 42.5 Å². The third-order valence-electron chi connectivity index (χ3n) is 7.02. The van der Waals surface area contributed by atoms with E-state index >= 15 is 0 Å². The SMILES string of the molecule is Clc1ccc(COc2ccc(Cl)cc2CNC23CC4CC(CC(C4)C2)C3)cc1. The fourth-order valence-corrected chi connectivity index (χ4v) is 6.50. The van der Waals surface area contributed by atoms with Gasteiger partial charge in [0.05, 0.1) is 0 Å². The first-order chi connectivity index (χ1) is 13.6. The molecule has 4 aliphatic rings. The molecule has 0 unspecified atom stereocenters. The summed E-state index contributed by atoms with van der Waals surface area (Å²) < 4.78 is 6.15. The highest BCUT2D eigenvalue weighted by Gasteiger charge is 2.50. The number of nitrogens with one attached hydrogen (secondary N) is 1. The molecule has 4 heteroatoms. The van der Waals surface area contributed by atoms with Gasteiger partial charge in [-0.15, -0.1) is 0 Å². The standard InChI is InChI=1S/C24H27Cl2NO/c25-21-3-1-16(2-4-21)15-28-23-6-5-22(26)10-20(23)14-27-24-11-17-7-18(12-24)9-19(8-17)13-24/h1-6,10,17-19,27H,7-9,11-15H2. The smallest absolute Gasteiger partial charge is 0.124 e. The van der Waals surface area contributed by atoms with E-state index in [4.69, 9.17) is 27.9 Å². The van der Waals surface area contributed by atoms with Gasteiger partial charge in [-0.3, -0.25) is 0 Å². The summed E-state index contributed by atoms with van der Waals surface area (Å²) in [5.74, 6) is 3.74. The molecule has 0 saturated heterocycles. The lowest BCUT2D eigenvalue weighted by molar-refractivity contribution is -0.0206. The molecule has 4 saturated carbocycles. The van der Waals surface area contributed by atoms with Crippen molar-refractivity contribution in [2.45, 2.75) is 57.2 Å². The van der Waals surface area contributed by atoms with Crippen molar-refractivity contribution in [3.63, 3.8) is 0 Å². The molecule has 0 amide bonds. The number of hydrogen-bond acceptors (Lipinski definition) is 2. The zero-order chi connectivity index (χ0) is 19.1. The Bertz CT molecular complexity index is 813. The minimum Gasteiger partial charge on any atom is -0.489 e. The molecule has 0 radical (unpaired) electrons. The molecule has 2 aromatic rings. The lowest BCUT2D eigenvalue weighted by atomic mass is 9.53. The van der Waals surface area contributed by atoms with Crippen LogP contribution in [0.2, 0.25) is 10.0 Å². The minimum atomic E-state index is 0.338. The van der Waals surface area contributed by atoms with Crippen molar-refractivity contribution in [3.8, 4) is 5.75 Å². The van der Waals surface area contributed by atoms with Crippen LogP contribution in [0, 0.1) is 17.8 Å². The van der Waals surface area contributed by atoms with Gasteiger partial charge < -0.3 is 10.1 Å². The van der Waals surface area contributed by atoms with Crippen LogP contribution in [0.1, 0.15) is 49.7 Å². The van der Waals surface area contributed by atoms with E-state index in [0.717, 1.165) is 51.2 Å². The Morgan fingerprint density at radius 3 is 2.11 bits per heavy atom. The van der Waals surface area contributed by atoms with E-state index in [1.165, 1.54) is 38.5 Å². The summed E-state index contributed by atoms with van der Waals surface area (Å²) >= 11 is 12.3. The van der Waals surface area contributed by atoms with Crippen LogP contribution in [-0.4, -0.2) is 5.54 Å². The van der Waals surface area contributed by atoms with Gasteiger partial charge in [0.15, 0.2) is 0 Å². The van der Waals surface area contributed by atoms with Crippen LogP contribution in [0.5, 0.6) is 5.75 Å². The summed E-state index contributed by atoms with van der Waals surface area (Å²) in [7, 11) is 0. The summed E-state index contributed by atoms with van der Waals surface area (Å²) in [6.45, 7) is 1.35. The van der Waals surface area contributed by atoms with Crippen LogP contribution in [0.4, 0.5) is 0 Å². The van der Waals surface area contributed by atoms with Gasteiger partial charge in [0.2, 0.25) is 0 Å². The Morgan fingerprint density at radius 1 is 0.857 bits per heavy atom. The molecule has 0 aliphatic heterocycles. The highest BCUT2D eigenvalue weighted by molar-refractivity contribution is 6.30. The first-order valence-electron chi connectivity index (χ1n) is 10.5. The molecule has 28 heavy (non-hydrogen) atoms. The molecule has 1 N–H and O–H groups in total. The molecule has 0 aromatic heterocycles. The van der Waals surface area contributed by atoms with Crippen LogP contribution in [0.15, 0.2) is 42.5 Å². The highest BCUT2D eigenvalue weighted by atomic mass is 35.5. The number of halogens is 2. The van der Waals surface area contributed by atoms with E-state index in [9.17, 15) is 0 Å². The molecular weight excluding hydrogens is 389 g/mol. The summed E-state index contributed by atoms with van der Waals surface area (Å²) in [6.07, 6.45) is 8.44. The van der Waals surface area contributed by atoms with Gasteiger partial charge >= 0.3 is 0 Å². The summed E-state index contributed by atoms with van der Waals surface area (Å²) in [4.78, 5) is 0. The van der Waals surface area contributed by atoms with Crippen molar-refractivity contribution >= 4 is 23.2 Å². The fraction of sp³-hybridized carbons (Fsp3) is 0.500. The van der Waals surface area contributed by atoms with Crippen molar-refractivity contribution in [3.05, 3.63) is 63.6 Å². The van der Waals surface area contributed by atoms with Crippen molar-refractivity contribution in [2.75, 3.05) is 0 Å². The maximum absolute atomic E-state index is 6.31. The zero-order valence-corrected chi connectivity index (χ0v) is 17.6. The first-order valence-corrected chi connectivity index (χ1v) is 11.2. The van der Waals surface area contributed by atoms with Crippen molar-refractivity contribution in [1.82, 2.24) is 5.32 Å². The van der Waals surface area contributed by atoms with Crippen molar-refractivity contribution in [2.24, 2.45) is 17.8 Å². The molecule has 6 rings (SSSR count). The Morgan fingerprint density at radius 2 is 1.46 bits per heavy atom. The van der Waals surface area contributed by atoms with E-state index in [2.05, 4.69) is 5.32 Å². The molecule has 0 heterocycles. The normalized spacial score (nSPS) is 30.6. The predicted octanol–water partition coefficient (Wildman–Crippen LogP) is 6.63. The number of ether oxygens (including phenoxy) is 1. The lowest BCUT2D eigenvalue weighted by Gasteiger charge is -2.57. The van der Waals surface area contributed by atoms with Gasteiger partial charge in [-0.2, -0.15) is 0 Å². The second-order valence-electron chi connectivity index (χ2n) is 9.22. The molecule has 4 bridgehead atoms. The number of benzene rings is 2. The van der Waals surface area contributed by atoms with Gasteiger partial charge in [0.25, 0.3) is 0 Å². The summed E-state index contributed by atoms with van der Waals surface area (Å²) in [5, 5.41) is 5.47. The van der Waals surface area contributed by atoms with Gasteiger partial charge in [-0.25, -0.2) is 0 Å².